The summed E-state index contributed by atoms with van der Waals surface area (Å²) in [4.78, 5) is 27.1. The molecule has 8 heteroatoms. The van der Waals surface area contributed by atoms with E-state index in [1.54, 1.807) is 12.5 Å². The highest BCUT2D eigenvalue weighted by atomic mass is 32.1. The molecule has 2 amide bonds. The van der Waals surface area contributed by atoms with Crippen LogP contribution in [0.3, 0.4) is 0 Å². The summed E-state index contributed by atoms with van der Waals surface area (Å²) in [5.74, 6) is 0.133. The number of carbonyl (C=O) groups is 2. The van der Waals surface area contributed by atoms with Crippen LogP contribution >= 0.6 is 11.5 Å². The van der Waals surface area contributed by atoms with Gasteiger partial charge in [0.15, 0.2) is 5.69 Å². The molecule has 0 aliphatic carbocycles. The molecule has 0 radical (unpaired) electrons. The SMILES string of the molecule is COc1ccc(CNC(=O)CN(C(=O)c2csnn2)c2cccc(C)c2C)cc1. The number of ether oxygens (including phenoxy) is 1. The summed E-state index contributed by atoms with van der Waals surface area (Å²) >= 11 is 1.10. The van der Waals surface area contributed by atoms with Crippen LogP contribution in [0.2, 0.25) is 0 Å². The highest BCUT2D eigenvalue weighted by Crippen LogP contribution is 2.24. The highest BCUT2D eigenvalue weighted by Gasteiger charge is 2.24. The first-order valence-electron chi connectivity index (χ1n) is 9.04. The van der Waals surface area contributed by atoms with Crippen molar-refractivity contribution in [1.82, 2.24) is 14.9 Å². The van der Waals surface area contributed by atoms with Crippen LogP contribution in [0.15, 0.2) is 47.8 Å². The molecule has 1 heterocycles. The summed E-state index contributed by atoms with van der Waals surface area (Å²) in [6, 6.07) is 13.1. The van der Waals surface area contributed by atoms with E-state index in [1.807, 2.05) is 56.3 Å². The number of nitrogens with one attached hydrogen (secondary N) is 1. The molecule has 0 fully saturated rings. The van der Waals surface area contributed by atoms with E-state index in [1.165, 1.54) is 4.90 Å². The third-order valence-corrected chi connectivity index (χ3v) is 5.15. The van der Waals surface area contributed by atoms with Crippen LogP contribution in [0.1, 0.15) is 27.2 Å². The molecule has 1 aromatic heterocycles. The number of benzene rings is 2. The van der Waals surface area contributed by atoms with Crippen LogP contribution in [0, 0.1) is 13.8 Å². The van der Waals surface area contributed by atoms with Crippen LogP contribution in [-0.4, -0.2) is 35.1 Å². The van der Waals surface area contributed by atoms with Crippen molar-refractivity contribution >= 4 is 29.0 Å². The molecule has 3 aromatic rings. The molecule has 29 heavy (non-hydrogen) atoms. The van der Waals surface area contributed by atoms with Crippen molar-refractivity contribution in [3.63, 3.8) is 0 Å². The molecule has 0 atom stereocenters. The van der Waals surface area contributed by atoms with Gasteiger partial charge in [-0.15, -0.1) is 5.10 Å². The van der Waals surface area contributed by atoms with Gasteiger partial charge < -0.3 is 10.1 Å². The molecule has 2 aromatic carbocycles. The Morgan fingerprint density at radius 3 is 2.55 bits per heavy atom. The van der Waals surface area contributed by atoms with Crippen molar-refractivity contribution in [2.75, 3.05) is 18.6 Å². The van der Waals surface area contributed by atoms with Gasteiger partial charge in [-0.25, -0.2) is 0 Å². The average Bonchev–Trinajstić information content (AvgIpc) is 3.27. The number of nitrogens with zero attached hydrogens (tertiary/aromatic N) is 3. The Kier molecular flexibility index (Phi) is 6.56. The fourth-order valence-corrected chi connectivity index (χ4v) is 3.26. The second kappa shape index (κ2) is 9.29. The summed E-state index contributed by atoms with van der Waals surface area (Å²) in [5.41, 5.74) is 3.82. The molecular weight excluding hydrogens is 388 g/mol. The van der Waals surface area contributed by atoms with E-state index in [4.69, 9.17) is 4.74 Å². The first kappa shape index (κ1) is 20.5. The van der Waals surface area contributed by atoms with Gasteiger partial charge in [-0.1, -0.05) is 28.8 Å². The van der Waals surface area contributed by atoms with Crippen molar-refractivity contribution in [2.45, 2.75) is 20.4 Å². The Morgan fingerprint density at radius 1 is 1.14 bits per heavy atom. The van der Waals surface area contributed by atoms with Crippen LogP contribution in [0.25, 0.3) is 0 Å². The summed E-state index contributed by atoms with van der Waals surface area (Å²) in [6.45, 7) is 4.14. The van der Waals surface area contributed by atoms with E-state index in [-0.39, 0.29) is 24.1 Å². The molecule has 1 N–H and O–H groups in total. The van der Waals surface area contributed by atoms with E-state index in [0.29, 0.717) is 12.2 Å². The summed E-state index contributed by atoms with van der Waals surface area (Å²) in [6.07, 6.45) is 0. The zero-order valence-electron chi connectivity index (χ0n) is 16.5. The normalized spacial score (nSPS) is 10.4. The minimum atomic E-state index is -0.355. The predicted octanol–water partition coefficient (Wildman–Crippen LogP) is 3.13. The lowest BCUT2D eigenvalue weighted by atomic mass is 10.1. The second-order valence-electron chi connectivity index (χ2n) is 6.53. The first-order valence-corrected chi connectivity index (χ1v) is 9.88. The van der Waals surface area contributed by atoms with Gasteiger partial charge in [0.05, 0.1) is 7.11 Å². The van der Waals surface area contributed by atoms with Gasteiger partial charge in [0.25, 0.3) is 5.91 Å². The van der Waals surface area contributed by atoms with Gasteiger partial charge in [-0.2, -0.15) is 0 Å². The van der Waals surface area contributed by atoms with Crippen molar-refractivity contribution in [3.05, 3.63) is 70.2 Å². The minimum Gasteiger partial charge on any atom is -0.497 e. The van der Waals surface area contributed by atoms with Crippen LogP contribution in [0.4, 0.5) is 5.69 Å². The van der Waals surface area contributed by atoms with Gasteiger partial charge in [0.1, 0.15) is 12.3 Å². The zero-order valence-corrected chi connectivity index (χ0v) is 17.3. The lowest BCUT2D eigenvalue weighted by molar-refractivity contribution is -0.119. The molecule has 0 aliphatic heterocycles. The summed E-state index contributed by atoms with van der Waals surface area (Å²) in [7, 11) is 1.60. The van der Waals surface area contributed by atoms with E-state index >= 15 is 0 Å². The van der Waals surface area contributed by atoms with Crippen LogP contribution in [0.5, 0.6) is 5.75 Å². The number of hydrogen-bond acceptors (Lipinski definition) is 6. The fourth-order valence-electron chi connectivity index (χ4n) is 2.83. The molecule has 150 valence electrons. The molecule has 0 aliphatic rings. The van der Waals surface area contributed by atoms with Gasteiger partial charge in [0, 0.05) is 17.6 Å². The lowest BCUT2D eigenvalue weighted by Gasteiger charge is -2.24. The number of hydrogen-bond donors (Lipinski definition) is 1. The van der Waals surface area contributed by atoms with E-state index in [0.717, 1.165) is 34.0 Å². The van der Waals surface area contributed by atoms with Crippen molar-refractivity contribution in [1.29, 1.82) is 0 Å². The fraction of sp³-hybridized carbons (Fsp3) is 0.238. The first-order chi connectivity index (χ1) is 14.0. The largest absolute Gasteiger partial charge is 0.497 e. The molecule has 0 spiro atoms. The van der Waals surface area contributed by atoms with E-state index < -0.39 is 0 Å². The number of anilines is 1. The Labute approximate surface area is 173 Å². The lowest BCUT2D eigenvalue weighted by Crippen LogP contribution is -2.41. The quantitative estimate of drug-likeness (QED) is 0.647. The standard InChI is InChI=1S/C21H22N4O3S/c1-14-5-4-6-19(15(14)2)25(21(27)18-13-29-24-23-18)12-20(26)22-11-16-7-9-17(28-3)10-8-16/h4-10,13H,11-12H2,1-3H3,(H,22,26). The van der Waals surface area contributed by atoms with Gasteiger partial charge in [-0.05, 0) is 60.3 Å². The number of methoxy groups -OCH3 is 1. The molecule has 0 saturated carbocycles. The number of aromatic nitrogens is 2. The Bertz CT molecular complexity index is 988. The maximum absolute atomic E-state index is 13.0. The topological polar surface area (TPSA) is 84.4 Å². The number of rotatable bonds is 7. The Hall–Kier alpha value is -3.26. The monoisotopic (exact) mass is 410 g/mol. The van der Waals surface area contributed by atoms with Crippen molar-refractivity contribution < 1.29 is 14.3 Å². The van der Waals surface area contributed by atoms with Gasteiger partial charge in [0.2, 0.25) is 5.91 Å². The smallest absolute Gasteiger partial charge is 0.280 e. The van der Waals surface area contributed by atoms with Crippen LogP contribution in [-0.2, 0) is 11.3 Å². The maximum atomic E-state index is 13.0. The maximum Gasteiger partial charge on any atom is 0.280 e. The molecule has 7 nitrogen and oxygen atoms in total. The van der Waals surface area contributed by atoms with Gasteiger partial charge >= 0.3 is 0 Å². The van der Waals surface area contributed by atoms with Crippen molar-refractivity contribution in [3.8, 4) is 5.75 Å². The molecule has 0 unspecified atom stereocenters. The predicted molar refractivity (Wildman–Crippen MR) is 112 cm³/mol. The Morgan fingerprint density at radius 2 is 1.90 bits per heavy atom. The van der Waals surface area contributed by atoms with E-state index in [2.05, 4.69) is 14.9 Å². The van der Waals surface area contributed by atoms with E-state index in [9.17, 15) is 9.59 Å². The molecule has 0 bridgehead atoms. The zero-order chi connectivity index (χ0) is 20.8. The minimum absolute atomic E-state index is 0.114. The van der Waals surface area contributed by atoms with Crippen LogP contribution < -0.4 is 15.0 Å². The molecule has 0 saturated heterocycles. The summed E-state index contributed by atoms with van der Waals surface area (Å²) in [5, 5.41) is 8.31. The molecular formula is C21H22N4O3S. The number of aryl methyl sites for hydroxylation is 1. The molecule has 3 rings (SSSR count). The highest BCUT2D eigenvalue weighted by molar-refractivity contribution is 7.03. The van der Waals surface area contributed by atoms with Crippen molar-refractivity contribution in [2.24, 2.45) is 0 Å². The average molecular weight is 410 g/mol. The number of carbonyl (C=O) groups excluding carboxylic acids is 2. The third kappa shape index (κ3) is 4.97. The van der Waals surface area contributed by atoms with Gasteiger partial charge in [-0.3, -0.25) is 14.5 Å². The Balaban J connectivity index is 1.76. The number of amides is 2. The third-order valence-electron chi connectivity index (χ3n) is 4.64. The second-order valence-corrected chi connectivity index (χ2v) is 7.14. The summed E-state index contributed by atoms with van der Waals surface area (Å²) < 4.78 is 8.90.